The Morgan fingerprint density at radius 3 is 3.00 bits per heavy atom. The van der Waals surface area contributed by atoms with E-state index in [9.17, 15) is 0 Å². The lowest BCUT2D eigenvalue weighted by Gasteiger charge is -2.27. The van der Waals surface area contributed by atoms with Crippen molar-refractivity contribution >= 4 is 11.6 Å². The summed E-state index contributed by atoms with van der Waals surface area (Å²) in [5.41, 5.74) is 4.13. The predicted octanol–water partition coefficient (Wildman–Crippen LogP) is 2.52. The number of methoxy groups -OCH3 is 1. The molecule has 1 N–H and O–H groups in total. The molecule has 2 aliphatic rings. The monoisotopic (exact) mass is 388 g/mol. The van der Waals surface area contributed by atoms with Crippen molar-refractivity contribution in [3.63, 3.8) is 0 Å². The fourth-order valence-electron chi connectivity index (χ4n) is 4.08. The van der Waals surface area contributed by atoms with Gasteiger partial charge < -0.3 is 24.6 Å². The Morgan fingerprint density at radius 1 is 1.29 bits per heavy atom. The minimum Gasteiger partial charge on any atom is -0.382 e. The molecule has 28 heavy (non-hydrogen) atoms. The average Bonchev–Trinajstić information content (AvgIpc) is 3.17. The van der Waals surface area contributed by atoms with Gasteiger partial charge in [-0.2, -0.15) is 0 Å². The van der Waals surface area contributed by atoms with Gasteiger partial charge in [-0.3, -0.25) is 0 Å². The van der Waals surface area contributed by atoms with Crippen LogP contribution in [0.4, 0.5) is 5.69 Å². The van der Waals surface area contributed by atoms with Gasteiger partial charge in [0.1, 0.15) is 0 Å². The summed E-state index contributed by atoms with van der Waals surface area (Å²) in [7, 11) is 3.89. The molecule has 0 amide bonds. The lowest BCUT2D eigenvalue weighted by Crippen LogP contribution is -2.40. The Bertz CT molecular complexity index is 649. The zero-order valence-electron chi connectivity index (χ0n) is 17.7. The molecule has 1 saturated heterocycles. The van der Waals surface area contributed by atoms with Gasteiger partial charge in [0, 0.05) is 51.9 Å². The number of anilines is 1. The maximum absolute atomic E-state index is 5.72. The van der Waals surface area contributed by atoms with Crippen LogP contribution in [0.2, 0.25) is 0 Å². The fourth-order valence-corrected chi connectivity index (χ4v) is 4.08. The first kappa shape index (κ1) is 20.9. The van der Waals surface area contributed by atoms with Crippen LogP contribution < -0.4 is 10.2 Å². The minimum absolute atomic E-state index is 0.569. The molecule has 6 nitrogen and oxygen atoms in total. The molecule has 2 heterocycles. The number of aryl methyl sites for hydroxylation is 1. The van der Waals surface area contributed by atoms with Crippen LogP contribution in [0.25, 0.3) is 0 Å². The number of likely N-dealkylation sites (tertiary alicyclic amines) is 1. The van der Waals surface area contributed by atoms with Gasteiger partial charge in [0.25, 0.3) is 0 Å². The first-order valence-corrected chi connectivity index (χ1v) is 10.6. The van der Waals surface area contributed by atoms with Crippen molar-refractivity contribution in [1.29, 1.82) is 0 Å². The zero-order valence-corrected chi connectivity index (χ0v) is 17.7. The summed E-state index contributed by atoms with van der Waals surface area (Å²) in [4.78, 5) is 9.67. The van der Waals surface area contributed by atoms with Crippen molar-refractivity contribution in [3.05, 3.63) is 29.3 Å². The molecule has 1 fully saturated rings. The molecule has 0 saturated carbocycles. The molecule has 0 aliphatic carbocycles. The van der Waals surface area contributed by atoms with E-state index in [4.69, 9.17) is 14.5 Å². The average molecular weight is 389 g/mol. The first-order valence-electron chi connectivity index (χ1n) is 10.6. The Labute approximate surface area is 169 Å². The van der Waals surface area contributed by atoms with E-state index >= 15 is 0 Å². The molecule has 0 bridgehead atoms. The standard InChI is InChI=1S/C22H36N4O2/c1-4-23-22(26-11-9-19(16-26)17-28-13-12-27-3)24-15-18-7-8-21-20(14-18)6-5-10-25(21)2/h7-8,14,19H,4-6,9-13,15-17H2,1-3H3,(H,23,24). The van der Waals surface area contributed by atoms with Gasteiger partial charge in [0.2, 0.25) is 0 Å². The number of fused-ring (bicyclic) bond motifs is 1. The quantitative estimate of drug-likeness (QED) is 0.421. The van der Waals surface area contributed by atoms with Crippen LogP contribution >= 0.6 is 0 Å². The van der Waals surface area contributed by atoms with Gasteiger partial charge in [-0.15, -0.1) is 0 Å². The van der Waals surface area contributed by atoms with E-state index in [-0.39, 0.29) is 0 Å². The molecule has 1 aromatic carbocycles. The van der Waals surface area contributed by atoms with Gasteiger partial charge >= 0.3 is 0 Å². The summed E-state index contributed by atoms with van der Waals surface area (Å²) in [5, 5.41) is 3.47. The summed E-state index contributed by atoms with van der Waals surface area (Å²) in [6, 6.07) is 6.83. The normalized spacial score (nSPS) is 19.8. The Balaban J connectivity index is 1.57. The van der Waals surface area contributed by atoms with Crippen LogP contribution in [-0.2, 0) is 22.4 Å². The van der Waals surface area contributed by atoms with Crippen LogP contribution in [0.15, 0.2) is 23.2 Å². The van der Waals surface area contributed by atoms with E-state index < -0.39 is 0 Å². The number of ether oxygens (including phenoxy) is 2. The predicted molar refractivity (Wildman–Crippen MR) is 115 cm³/mol. The number of hydrogen-bond acceptors (Lipinski definition) is 4. The molecule has 0 radical (unpaired) electrons. The van der Waals surface area contributed by atoms with Crippen molar-refractivity contribution in [2.75, 3.05) is 65.1 Å². The highest BCUT2D eigenvalue weighted by Crippen LogP contribution is 2.27. The largest absolute Gasteiger partial charge is 0.382 e. The highest BCUT2D eigenvalue weighted by atomic mass is 16.5. The summed E-state index contributed by atoms with van der Waals surface area (Å²) in [6.07, 6.45) is 3.57. The molecule has 3 rings (SSSR count). The summed E-state index contributed by atoms with van der Waals surface area (Å²) in [6.45, 7) is 9.09. The summed E-state index contributed by atoms with van der Waals surface area (Å²) < 4.78 is 10.8. The number of hydrogen-bond donors (Lipinski definition) is 1. The second-order valence-corrected chi connectivity index (χ2v) is 7.83. The number of nitrogens with zero attached hydrogens (tertiary/aromatic N) is 3. The molecule has 2 aliphatic heterocycles. The number of nitrogens with one attached hydrogen (secondary N) is 1. The fraction of sp³-hybridized carbons (Fsp3) is 0.682. The topological polar surface area (TPSA) is 49.3 Å². The van der Waals surface area contributed by atoms with Gasteiger partial charge in [-0.25, -0.2) is 4.99 Å². The van der Waals surface area contributed by atoms with Gasteiger partial charge in [-0.05, 0) is 43.4 Å². The third-order valence-electron chi connectivity index (χ3n) is 5.61. The second kappa shape index (κ2) is 10.7. The van der Waals surface area contributed by atoms with Crippen LogP contribution in [0.3, 0.4) is 0 Å². The van der Waals surface area contributed by atoms with Gasteiger partial charge in [0.15, 0.2) is 5.96 Å². The third kappa shape index (κ3) is 5.61. The maximum Gasteiger partial charge on any atom is 0.194 e. The highest BCUT2D eigenvalue weighted by Gasteiger charge is 2.25. The van der Waals surface area contributed by atoms with Crippen LogP contribution in [0.5, 0.6) is 0 Å². The second-order valence-electron chi connectivity index (χ2n) is 7.83. The van der Waals surface area contributed by atoms with Crippen LogP contribution in [-0.4, -0.2) is 71.0 Å². The van der Waals surface area contributed by atoms with Crippen molar-refractivity contribution < 1.29 is 9.47 Å². The van der Waals surface area contributed by atoms with Gasteiger partial charge in [0.05, 0.1) is 26.4 Å². The van der Waals surface area contributed by atoms with Crippen molar-refractivity contribution in [3.8, 4) is 0 Å². The van der Waals surface area contributed by atoms with Crippen molar-refractivity contribution in [2.24, 2.45) is 10.9 Å². The van der Waals surface area contributed by atoms with Crippen molar-refractivity contribution in [2.45, 2.75) is 32.7 Å². The lowest BCUT2D eigenvalue weighted by atomic mass is 10.00. The van der Waals surface area contributed by atoms with Gasteiger partial charge in [-0.1, -0.05) is 12.1 Å². The van der Waals surface area contributed by atoms with E-state index in [0.717, 1.165) is 51.7 Å². The van der Waals surface area contributed by atoms with E-state index in [1.807, 2.05) is 0 Å². The maximum atomic E-state index is 5.72. The molecule has 1 aromatic rings. The molecule has 1 unspecified atom stereocenters. The smallest absolute Gasteiger partial charge is 0.194 e. The number of rotatable bonds is 8. The Morgan fingerprint density at radius 2 is 2.18 bits per heavy atom. The van der Waals surface area contributed by atoms with E-state index in [1.165, 1.54) is 29.7 Å². The SMILES string of the molecule is CCNC(=NCc1ccc2c(c1)CCCN2C)N1CCC(COCCOC)C1. The summed E-state index contributed by atoms with van der Waals surface area (Å²) in [5.74, 6) is 1.59. The highest BCUT2D eigenvalue weighted by molar-refractivity contribution is 5.80. The molecule has 6 heteroatoms. The zero-order chi connectivity index (χ0) is 19.8. The van der Waals surface area contributed by atoms with E-state index in [1.54, 1.807) is 7.11 Å². The Kier molecular flexibility index (Phi) is 7.98. The number of aliphatic imine (C=N–C) groups is 1. The van der Waals surface area contributed by atoms with E-state index in [0.29, 0.717) is 19.1 Å². The third-order valence-corrected chi connectivity index (χ3v) is 5.61. The molecule has 156 valence electrons. The molecule has 0 aromatic heterocycles. The van der Waals surface area contributed by atoms with Crippen LogP contribution in [0, 0.1) is 5.92 Å². The first-order chi connectivity index (χ1) is 13.7. The van der Waals surface area contributed by atoms with Crippen LogP contribution in [0.1, 0.15) is 30.9 Å². The minimum atomic E-state index is 0.569. The molecule has 1 atom stereocenters. The summed E-state index contributed by atoms with van der Waals surface area (Å²) >= 11 is 0. The Hall–Kier alpha value is -1.79. The molecule has 0 spiro atoms. The molecular weight excluding hydrogens is 352 g/mol. The van der Waals surface area contributed by atoms with E-state index in [2.05, 4.69) is 47.3 Å². The lowest BCUT2D eigenvalue weighted by molar-refractivity contribution is 0.0536. The number of benzene rings is 1. The number of guanidine groups is 1. The molecular formula is C22H36N4O2. The van der Waals surface area contributed by atoms with Crippen molar-refractivity contribution in [1.82, 2.24) is 10.2 Å².